The molecule has 0 aliphatic heterocycles. The van der Waals surface area contributed by atoms with E-state index in [-0.39, 0.29) is 6.03 Å². The first-order chi connectivity index (χ1) is 10.2. The van der Waals surface area contributed by atoms with Crippen molar-refractivity contribution in [1.29, 1.82) is 0 Å². The van der Waals surface area contributed by atoms with Crippen LogP contribution in [0.1, 0.15) is 33.4 Å². The predicted octanol–water partition coefficient (Wildman–Crippen LogP) is 2.55. The third-order valence-electron chi connectivity index (χ3n) is 3.26. The number of carbonyl (C=O) groups is 1. The van der Waals surface area contributed by atoms with E-state index in [1.165, 1.54) is 34.7 Å². The number of nitrogens with zero attached hydrogens (tertiary/aromatic N) is 3. The third-order valence-corrected chi connectivity index (χ3v) is 5.23. The first kappa shape index (κ1) is 14.4. The second-order valence-corrected chi connectivity index (χ2v) is 7.29. The highest BCUT2D eigenvalue weighted by atomic mass is 32.1. The van der Waals surface area contributed by atoms with Gasteiger partial charge in [0.1, 0.15) is 5.01 Å². The maximum atomic E-state index is 11.7. The Labute approximate surface area is 131 Å². The van der Waals surface area contributed by atoms with Gasteiger partial charge in [0, 0.05) is 17.8 Å². The standard InChI is InChI=1S/C13H17N5OS2/c1-8-17-18-13(20-8)16-12(19)14-7-6-11-15-9-4-2-3-5-10(9)21-11/h2-7H2,1H3,(H2,14,16,18,19). The molecule has 8 heteroatoms. The molecule has 0 fully saturated rings. The Morgan fingerprint density at radius 1 is 1.24 bits per heavy atom. The summed E-state index contributed by atoms with van der Waals surface area (Å²) in [5.41, 5.74) is 1.27. The van der Waals surface area contributed by atoms with E-state index in [2.05, 4.69) is 25.8 Å². The zero-order valence-electron chi connectivity index (χ0n) is 11.8. The van der Waals surface area contributed by atoms with Crippen LogP contribution in [-0.4, -0.2) is 27.8 Å². The summed E-state index contributed by atoms with van der Waals surface area (Å²) >= 11 is 3.15. The van der Waals surface area contributed by atoms with Crippen molar-refractivity contribution in [2.75, 3.05) is 11.9 Å². The van der Waals surface area contributed by atoms with Crippen LogP contribution in [0, 0.1) is 6.92 Å². The Balaban J connectivity index is 1.45. The average Bonchev–Trinajstić information content (AvgIpc) is 3.04. The van der Waals surface area contributed by atoms with Gasteiger partial charge < -0.3 is 5.32 Å². The van der Waals surface area contributed by atoms with Gasteiger partial charge in [-0.25, -0.2) is 9.78 Å². The van der Waals surface area contributed by atoms with Gasteiger partial charge in [-0.1, -0.05) is 11.3 Å². The van der Waals surface area contributed by atoms with E-state index in [0.717, 1.165) is 29.3 Å². The molecule has 2 amide bonds. The van der Waals surface area contributed by atoms with Crippen molar-refractivity contribution in [2.24, 2.45) is 0 Å². The van der Waals surface area contributed by atoms with Crippen LogP contribution < -0.4 is 10.6 Å². The summed E-state index contributed by atoms with van der Waals surface area (Å²) in [6.45, 7) is 2.43. The third kappa shape index (κ3) is 3.76. The van der Waals surface area contributed by atoms with Gasteiger partial charge in [-0.3, -0.25) is 5.32 Å². The number of aryl methyl sites for hydroxylation is 3. The molecule has 2 aromatic rings. The smallest absolute Gasteiger partial charge is 0.321 e. The number of carbonyl (C=O) groups excluding carboxylic acids is 1. The topological polar surface area (TPSA) is 79.8 Å². The van der Waals surface area contributed by atoms with Crippen LogP contribution in [-0.2, 0) is 19.3 Å². The summed E-state index contributed by atoms with van der Waals surface area (Å²) in [4.78, 5) is 17.8. The number of hydrogen-bond acceptors (Lipinski definition) is 6. The number of thiazole rings is 1. The zero-order valence-corrected chi connectivity index (χ0v) is 13.4. The Morgan fingerprint density at radius 2 is 2.10 bits per heavy atom. The molecule has 0 saturated carbocycles. The fraction of sp³-hybridized carbons (Fsp3) is 0.538. The fourth-order valence-corrected chi connectivity index (χ4v) is 4.03. The quantitative estimate of drug-likeness (QED) is 0.906. The van der Waals surface area contributed by atoms with Crippen molar-refractivity contribution >= 4 is 33.8 Å². The van der Waals surface area contributed by atoms with E-state index in [9.17, 15) is 4.79 Å². The molecule has 1 aliphatic rings. The number of anilines is 1. The normalized spacial score (nSPS) is 13.8. The molecule has 112 valence electrons. The lowest BCUT2D eigenvalue weighted by molar-refractivity contribution is 0.252. The summed E-state index contributed by atoms with van der Waals surface area (Å²) in [7, 11) is 0. The second kappa shape index (κ2) is 6.48. The number of hydrogen-bond donors (Lipinski definition) is 2. The summed E-state index contributed by atoms with van der Waals surface area (Å²) in [5.74, 6) is 0. The van der Waals surface area contributed by atoms with Crippen LogP contribution in [0.5, 0.6) is 0 Å². The van der Waals surface area contributed by atoms with E-state index in [1.54, 1.807) is 11.3 Å². The minimum Gasteiger partial charge on any atom is -0.337 e. The van der Waals surface area contributed by atoms with Crippen LogP contribution in [0.25, 0.3) is 0 Å². The summed E-state index contributed by atoms with van der Waals surface area (Å²) in [6, 6.07) is -0.243. The number of nitrogens with one attached hydrogen (secondary N) is 2. The Kier molecular flexibility index (Phi) is 4.45. The molecule has 6 nitrogen and oxygen atoms in total. The number of aromatic nitrogens is 3. The lowest BCUT2D eigenvalue weighted by atomic mass is 10.0. The summed E-state index contributed by atoms with van der Waals surface area (Å²) in [5, 5.41) is 15.7. The molecule has 2 aromatic heterocycles. The van der Waals surface area contributed by atoms with Gasteiger partial charge in [0.25, 0.3) is 0 Å². The molecule has 2 N–H and O–H groups in total. The predicted molar refractivity (Wildman–Crippen MR) is 84.1 cm³/mol. The number of amides is 2. The number of fused-ring (bicyclic) bond motifs is 1. The Morgan fingerprint density at radius 3 is 2.86 bits per heavy atom. The van der Waals surface area contributed by atoms with Crippen LogP contribution in [0.4, 0.5) is 9.93 Å². The molecular formula is C13H17N5OS2. The van der Waals surface area contributed by atoms with E-state index >= 15 is 0 Å². The van der Waals surface area contributed by atoms with E-state index in [0.29, 0.717) is 11.7 Å². The monoisotopic (exact) mass is 323 g/mol. The Hall–Kier alpha value is -1.54. The van der Waals surface area contributed by atoms with Crippen LogP contribution in [0.15, 0.2) is 0 Å². The molecule has 2 heterocycles. The zero-order chi connectivity index (χ0) is 14.7. The number of rotatable bonds is 4. The largest absolute Gasteiger partial charge is 0.337 e. The van der Waals surface area contributed by atoms with Crippen LogP contribution >= 0.6 is 22.7 Å². The molecule has 0 atom stereocenters. The van der Waals surface area contributed by atoms with Crippen molar-refractivity contribution < 1.29 is 4.79 Å². The van der Waals surface area contributed by atoms with Gasteiger partial charge in [-0.05, 0) is 32.6 Å². The van der Waals surface area contributed by atoms with E-state index < -0.39 is 0 Å². The number of urea groups is 1. The van der Waals surface area contributed by atoms with Gasteiger partial charge in [-0.15, -0.1) is 21.5 Å². The van der Waals surface area contributed by atoms with E-state index in [1.807, 2.05) is 6.92 Å². The highest BCUT2D eigenvalue weighted by molar-refractivity contribution is 7.15. The molecule has 0 unspecified atom stereocenters. The SMILES string of the molecule is Cc1nnc(NC(=O)NCCc2nc3c(s2)CCCC3)s1. The first-order valence-corrected chi connectivity index (χ1v) is 8.66. The molecule has 0 bridgehead atoms. The average molecular weight is 323 g/mol. The van der Waals surface area contributed by atoms with Crippen molar-refractivity contribution in [2.45, 2.75) is 39.0 Å². The lowest BCUT2D eigenvalue weighted by Gasteiger charge is -2.06. The van der Waals surface area contributed by atoms with Crippen molar-refractivity contribution in [3.05, 3.63) is 20.6 Å². The van der Waals surface area contributed by atoms with Gasteiger partial charge in [0.15, 0.2) is 0 Å². The lowest BCUT2D eigenvalue weighted by Crippen LogP contribution is -2.30. The molecule has 1 aliphatic carbocycles. The van der Waals surface area contributed by atoms with Gasteiger partial charge in [-0.2, -0.15) is 0 Å². The maximum Gasteiger partial charge on any atom is 0.321 e. The molecule has 3 rings (SSSR count). The molecule has 0 spiro atoms. The van der Waals surface area contributed by atoms with Crippen molar-refractivity contribution in [3.8, 4) is 0 Å². The van der Waals surface area contributed by atoms with Crippen LogP contribution in [0.3, 0.4) is 0 Å². The molecular weight excluding hydrogens is 306 g/mol. The molecule has 0 aromatic carbocycles. The van der Waals surface area contributed by atoms with Crippen molar-refractivity contribution in [1.82, 2.24) is 20.5 Å². The Bertz CT molecular complexity index is 613. The van der Waals surface area contributed by atoms with Gasteiger partial charge in [0.05, 0.1) is 10.7 Å². The molecule has 0 radical (unpaired) electrons. The highest BCUT2D eigenvalue weighted by Crippen LogP contribution is 2.26. The summed E-state index contributed by atoms with van der Waals surface area (Å²) in [6.07, 6.45) is 5.57. The summed E-state index contributed by atoms with van der Waals surface area (Å²) < 4.78 is 0. The first-order valence-electron chi connectivity index (χ1n) is 7.03. The maximum absolute atomic E-state index is 11.7. The minimum atomic E-state index is -0.243. The fourth-order valence-electron chi connectivity index (χ4n) is 2.28. The molecule has 0 saturated heterocycles. The van der Waals surface area contributed by atoms with Crippen LogP contribution in [0.2, 0.25) is 0 Å². The van der Waals surface area contributed by atoms with Crippen molar-refractivity contribution in [3.63, 3.8) is 0 Å². The van der Waals surface area contributed by atoms with Gasteiger partial charge >= 0.3 is 6.03 Å². The molecule has 21 heavy (non-hydrogen) atoms. The van der Waals surface area contributed by atoms with E-state index in [4.69, 9.17) is 0 Å². The minimum absolute atomic E-state index is 0.243. The highest BCUT2D eigenvalue weighted by Gasteiger charge is 2.15. The van der Waals surface area contributed by atoms with Gasteiger partial charge in [0.2, 0.25) is 5.13 Å². The second-order valence-electron chi connectivity index (χ2n) is 4.94.